The van der Waals surface area contributed by atoms with Gasteiger partial charge in [0.1, 0.15) is 5.56 Å². The van der Waals surface area contributed by atoms with Crippen LogP contribution in [0.1, 0.15) is 20.7 Å². The third-order valence-electron chi connectivity index (χ3n) is 3.92. The average molecular weight is 533 g/mol. The van der Waals surface area contributed by atoms with Crippen LogP contribution in [-0.2, 0) is 0 Å². The van der Waals surface area contributed by atoms with Gasteiger partial charge in [-0.05, 0) is 46.4 Å². The number of carbonyl (C=O) groups is 2. The Hall–Kier alpha value is -2.60. The molecule has 2 aromatic carbocycles. The molecule has 0 aliphatic heterocycles. The fourth-order valence-corrected chi connectivity index (χ4v) is 3.96. The summed E-state index contributed by atoms with van der Waals surface area (Å²) in [5, 5.41) is 13.2. The molecular weight excluding hydrogens is 522 g/mol. The molecule has 0 aliphatic rings. The normalized spacial score (nSPS) is 10.7. The number of carboxylic acid groups (broad SMARTS) is 1. The largest absolute Gasteiger partial charge is 0.491 e. The van der Waals surface area contributed by atoms with Gasteiger partial charge in [-0.3, -0.25) is 4.79 Å². The Morgan fingerprint density at radius 3 is 2.38 bits per heavy atom. The molecule has 0 saturated carbocycles. The van der Waals surface area contributed by atoms with Gasteiger partial charge in [0.15, 0.2) is 17.4 Å². The summed E-state index contributed by atoms with van der Waals surface area (Å²) in [7, 11) is 0.956. The summed E-state index contributed by atoms with van der Waals surface area (Å²) in [6.45, 7) is 0. The van der Waals surface area contributed by atoms with E-state index in [1.165, 1.54) is 5.38 Å². The summed E-state index contributed by atoms with van der Waals surface area (Å²) in [5.74, 6) is -7.99. The fraction of sp³-hybridized carbons (Fsp3) is 0.0526. The van der Waals surface area contributed by atoms with E-state index >= 15 is 0 Å². The van der Waals surface area contributed by atoms with Gasteiger partial charge < -0.3 is 15.2 Å². The molecule has 3 rings (SSSR count). The minimum atomic E-state index is -1.65. The lowest BCUT2D eigenvalue weighted by atomic mass is 10.1. The van der Waals surface area contributed by atoms with E-state index in [2.05, 4.69) is 32.6 Å². The molecule has 10 heteroatoms. The number of methoxy groups -OCH3 is 1. The van der Waals surface area contributed by atoms with E-state index in [0.29, 0.717) is 16.5 Å². The van der Waals surface area contributed by atoms with Gasteiger partial charge in [-0.15, -0.1) is 11.3 Å². The number of anilines is 1. The molecule has 0 unspecified atom stereocenters. The quantitative estimate of drug-likeness (QED) is 0.341. The molecule has 1 aromatic heterocycles. The number of carbonyl (C=O) groups excluding carboxylic acids is 1. The molecule has 150 valence electrons. The second-order valence-corrected chi connectivity index (χ2v) is 7.81. The smallest absolute Gasteiger partial charge is 0.339 e. The molecule has 0 radical (unpaired) electrons. The van der Waals surface area contributed by atoms with Gasteiger partial charge in [-0.25, -0.2) is 13.6 Å². The lowest BCUT2D eigenvalue weighted by molar-refractivity contribution is 0.0699. The molecule has 5 nitrogen and oxygen atoms in total. The van der Waals surface area contributed by atoms with Crippen LogP contribution in [0.3, 0.4) is 0 Å². The maximum atomic E-state index is 14.2. The lowest BCUT2D eigenvalue weighted by Crippen LogP contribution is -2.17. The first-order chi connectivity index (χ1) is 13.7. The highest BCUT2D eigenvalue weighted by Gasteiger charge is 2.26. The number of amides is 1. The summed E-state index contributed by atoms with van der Waals surface area (Å²) in [6.07, 6.45) is 0. The molecule has 0 saturated heterocycles. The summed E-state index contributed by atoms with van der Waals surface area (Å²) >= 11 is 3.16. The van der Waals surface area contributed by atoms with Crippen molar-refractivity contribution < 1.29 is 32.6 Å². The second kappa shape index (κ2) is 8.41. The number of hydrogen-bond donors (Lipinski definition) is 2. The van der Waals surface area contributed by atoms with Gasteiger partial charge in [0.2, 0.25) is 5.82 Å². The van der Waals surface area contributed by atoms with Crippen molar-refractivity contribution in [3.05, 3.63) is 67.9 Å². The SMILES string of the molecule is COc1c(F)cc(C(=O)Nc2csc(-c3ccc(I)cc3)c2C(=O)O)c(F)c1F. The lowest BCUT2D eigenvalue weighted by Gasteiger charge is -2.10. The van der Waals surface area contributed by atoms with Crippen LogP contribution in [0, 0.1) is 21.0 Å². The zero-order chi connectivity index (χ0) is 21.3. The van der Waals surface area contributed by atoms with Gasteiger partial charge >= 0.3 is 5.97 Å². The summed E-state index contributed by atoms with van der Waals surface area (Å²) in [6, 6.07) is 7.51. The molecule has 3 aromatic rings. The third-order valence-corrected chi connectivity index (χ3v) is 5.67. The van der Waals surface area contributed by atoms with Crippen molar-refractivity contribution in [3.8, 4) is 16.2 Å². The molecule has 0 bridgehead atoms. The van der Waals surface area contributed by atoms with Crippen molar-refractivity contribution in [3.63, 3.8) is 0 Å². The van der Waals surface area contributed by atoms with E-state index in [0.717, 1.165) is 22.0 Å². The zero-order valence-corrected chi connectivity index (χ0v) is 17.5. The predicted octanol–water partition coefficient (Wildman–Crippen LogP) is 5.40. The number of nitrogens with one attached hydrogen (secondary N) is 1. The van der Waals surface area contributed by atoms with Crippen LogP contribution in [-0.4, -0.2) is 24.1 Å². The zero-order valence-electron chi connectivity index (χ0n) is 14.6. The molecule has 0 fully saturated rings. The van der Waals surface area contributed by atoms with Crippen LogP contribution in [0.25, 0.3) is 10.4 Å². The van der Waals surface area contributed by atoms with Gasteiger partial charge in [-0.1, -0.05) is 12.1 Å². The standard InChI is InChI=1S/C19H11F3INO4S/c1-28-16-11(20)6-10(14(21)15(16)22)18(25)24-12-7-29-17(13(12)19(26)27)8-2-4-9(23)5-3-8/h2-7H,1H3,(H,24,25)(H,26,27). The van der Waals surface area contributed by atoms with Crippen molar-refractivity contribution in [2.45, 2.75) is 0 Å². The monoisotopic (exact) mass is 533 g/mol. The Bertz CT molecular complexity index is 1120. The first kappa shape index (κ1) is 21.1. The Morgan fingerprint density at radius 1 is 1.14 bits per heavy atom. The maximum Gasteiger partial charge on any atom is 0.339 e. The Balaban J connectivity index is 2.00. The number of benzene rings is 2. The first-order valence-corrected chi connectivity index (χ1v) is 9.84. The highest BCUT2D eigenvalue weighted by molar-refractivity contribution is 14.1. The number of rotatable bonds is 5. The molecule has 0 atom stereocenters. The molecule has 2 N–H and O–H groups in total. The first-order valence-electron chi connectivity index (χ1n) is 7.88. The van der Waals surface area contributed by atoms with Gasteiger partial charge in [-0.2, -0.15) is 4.39 Å². The minimum absolute atomic E-state index is 0.114. The molecule has 29 heavy (non-hydrogen) atoms. The molecule has 1 heterocycles. The van der Waals surface area contributed by atoms with Crippen LogP contribution in [0.15, 0.2) is 35.7 Å². The van der Waals surface area contributed by atoms with Crippen LogP contribution in [0.4, 0.5) is 18.9 Å². The van der Waals surface area contributed by atoms with E-state index in [4.69, 9.17) is 0 Å². The van der Waals surface area contributed by atoms with Gasteiger partial charge in [0.25, 0.3) is 5.91 Å². The topological polar surface area (TPSA) is 75.6 Å². The van der Waals surface area contributed by atoms with E-state index in [1.807, 2.05) is 0 Å². The molecular formula is C19H11F3INO4S. The highest BCUT2D eigenvalue weighted by atomic mass is 127. The molecule has 0 aliphatic carbocycles. The molecule has 0 spiro atoms. The van der Waals surface area contributed by atoms with Crippen molar-refractivity contribution in [1.29, 1.82) is 0 Å². The number of aromatic carboxylic acids is 1. The van der Waals surface area contributed by atoms with Crippen LogP contribution in [0.2, 0.25) is 0 Å². The van der Waals surface area contributed by atoms with Crippen molar-refractivity contribution in [1.82, 2.24) is 0 Å². The van der Waals surface area contributed by atoms with Crippen LogP contribution >= 0.6 is 33.9 Å². The van der Waals surface area contributed by atoms with E-state index < -0.39 is 40.6 Å². The summed E-state index contributed by atoms with van der Waals surface area (Å²) < 4.78 is 47.3. The highest BCUT2D eigenvalue weighted by Crippen LogP contribution is 2.37. The van der Waals surface area contributed by atoms with Crippen molar-refractivity contribution >= 4 is 51.5 Å². The Labute approximate surface area is 180 Å². The average Bonchev–Trinajstić information content (AvgIpc) is 3.09. The fourth-order valence-electron chi connectivity index (χ4n) is 2.60. The van der Waals surface area contributed by atoms with Crippen LogP contribution < -0.4 is 10.1 Å². The van der Waals surface area contributed by atoms with Crippen molar-refractivity contribution in [2.24, 2.45) is 0 Å². The van der Waals surface area contributed by atoms with E-state index in [1.54, 1.807) is 24.3 Å². The second-order valence-electron chi connectivity index (χ2n) is 5.69. The number of carboxylic acids is 1. The Kier molecular flexibility index (Phi) is 6.13. The van der Waals surface area contributed by atoms with E-state index in [9.17, 15) is 27.9 Å². The van der Waals surface area contributed by atoms with Gasteiger partial charge in [0, 0.05) is 8.95 Å². The van der Waals surface area contributed by atoms with E-state index in [-0.39, 0.29) is 11.3 Å². The third kappa shape index (κ3) is 4.08. The summed E-state index contributed by atoms with van der Waals surface area (Å²) in [5.41, 5.74) is -0.628. The van der Waals surface area contributed by atoms with Crippen molar-refractivity contribution in [2.75, 3.05) is 12.4 Å². The number of thiophene rings is 1. The Morgan fingerprint density at radius 2 is 1.79 bits per heavy atom. The van der Waals surface area contributed by atoms with Gasteiger partial charge in [0.05, 0.1) is 23.2 Å². The number of halogens is 4. The van der Waals surface area contributed by atoms with Crippen LogP contribution in [0.5, 0.6) is 5.75 Å². The number of ether oxygens (including phenoxy) is 1. The summed E-state index contributed by atoms with van der Waals surface area (Å²) in [4.78, 5) is 24.5. The minimum Gasteiger partial charge on any atom is -0.491 e. The number of hydrogen-bond acceptors (Lipinski definition) is 4. The predicted molar refractivity (Wildman–Crippen MR) is 110 cm³/mol. The maximum absolute atomic E-state index is 14.2. The molecule has 1 amide bonds.